The first kappa shape index (κ1) is 15.3. The summed E-state index contributed by atoms with van der Waals surface area (Å²) in [6.45, 7) is 1.98. The molecular weight excluding hydrogens is 280 g/mol. The highest BCUT2D eigenvalue weighted by Gasteiger charge is 2.29. The standard InChI is InChI=1S/C11H22N6O2S/c1-8(11-13-15-16-17(11)2)12-9-6-4-5-7-10(9)14-20(3,18)19/h8-10,12,14H,4-7H2,1-3H3. The van der Waals surface area contributed by atoms with E-state index in [4.69, 9.17) is 0 Å². The first-order valence-electron chi connectivity index (χ1n) is 6.82. The Bertz CT molecular complexity index is 543. The van der Waals surface area contributed by atoms with E-state index in [0.717, 1.165) is 31.5 Å². The summed E-state index contributed by atoms with van der Waals surface area (Å²) >= 11 is 0. The summed E-state index contributed by atoms with van der Waals surface area (Å²) in [5.41, 5.74) is 0. The van der Waals surface area contributed by atoms with Gasteiger partial charge in [0.1, 0.15) is 0 Å². The summed E-state index contributed by atoms with van der Waals surface area (Å²) < 4.78 is 27.2. The first-order valence-corrected chi connectivity index (χ1v) is 8.71. The maximum Gasteiger partial charge on any atom is 0.209 e. The van der Waals surface area contributed by atoms with Gasteiger partial charge in [-0.1, -0.05) is 12.8 Å². The molecule has 0 amide bonds. The predicted octanol–water partition coefficient (Wildman–Crippen LogP) is -0.279. The fourth-order valence-corrected chi connectivity index (χ4v) is 3.58. The van der Waals surface area contributed by atoms with E-state index in [1.807, 2.05) is 6.92 Å². The molecule has 0 aliphatic heterocycles. The third kappa shape index (κ3) is 3.97. The molecule has 0 aromatic carbocycles. The lowest BCUT2D eigenvalue weighted by Gasteiger charge is -2.34. The predicted molar refractivity (Wildman–Crippen MR) is 74.4 cm³/mol. The topological polar surface area (TPSA) is 102 Å². The third-order valence-electron chi connectivity index (χ3n) is 3.64. The summed E-state index contributed by atoms with van der Waals surface area (Å²) in [4.78, 5) is 0. The van der Waals surface area contributed by atoms with E-state index >= 15 is 0 Å². The van der Waals surface area contributed by atoms with Crippen LogP contribution in [0.5, 0.6) is 0 Å². The van der Waals surface area contributed by atoms with Gasteiger partial charge in [0.05, 0.1) is 12.3 Å². The lowest BCUT2D eigenvalue weighted by molar-refractivity contribution is 0.286. The van der Waals surface area contributed by atoms with Crippen molar-refractivity contribution in [3.05, 3.63) is 5.82 Å². The zero-order chi connectivity index (χ0) is 14.8. The molecule has 114 valence electrons. The quantitative estimate of drug-likeness (QED) is 0.776. The average molecular weight is 302 g/mol. The Morgan fingerprint density at radius 1 is 1.30 bits per heavy atom. The molecule has 1 aromatic heterocycles. The number of tetrazole rings is 1. The first-order chi connectivity index (χ1) is 9.37. The van der Waals surface area contributed by atoms with E-state index in [1.54, 1.807) is 11.7 Å². The fraction of sp³-hybridized carbons (Fsp3) is 0.909. The van der Waals surface area contributed by atoms with Crippen molar-refractivity contribution in [2.75, 3.05) is 6.26 Å². The Morgan fingerprint density at radius 2 is 1.95 bits per heavy atom. The number of nitrogens with one attached hydrogen (secondary N) is 2. The van der Waals surface area contributed by atoms with Crippen LogP contribution in [0.25, 0.3) is 0 Å². The summed E-state index contributed by atoms with van der Waals surface area (Å²) in [6.07, 6.45) is 5.15. The van der Waals surface area contributed by atoms with Crippen molar-refractivity contribution in [1.82, 2.24) is 30.2 Å². The lowest BCUT2D eigenvalue weighted by atomic mass is 9.90. The lowest BCUT2D eigenvalue weighted by Crippen LogP contribution is -2.52. The van der Waals surface area contributed by atoms with Gasteiger partial charge in [-0.2, -0.15) is 0 Å². The van der Waals surface area contributed by atoms with Gasteiger partial charge < -0.3 is 5.32 Å². The number of aryl methyl sites for hydroxylation is 1. The van der Waals surface area contributed by atoms with E-state index in [1.165, 1.54) is 6.26 Å². The van der Waals surface area contributed by atoms with Gasteiger partial charge in [0.15, 0.2) is 5.82 Å². The van der Waals surface area contributed by atoms with E-state index < -0.39 is 10.0 Å². The van der Waals surface area contributed by atoms with Gasteiger partial charge in [0.25, 0.3) is 0 Å². The third-order valence-corrected chi connectivity index (χ3v) is 4.37. The summed E-state index contributed by atoms with van der Waals surface area (Å²) in [6, 6.07) is 0.00882. The number of sulfonamides is 1. The Kier molecular flexibility index (Phi) is 4.71. The Balaban J connectivity index is 2.03. The van der Waals surface area contributed by atoms with Crippen molar-refractivity contribution >= 4 is 10.0 Å². The molecule has 3 unspecified atom stereocenters. The zero-order valence-electron chi connectivity index (χ0n) is 12.1. The summed E-state index contributed by atoms with van der Waals surface area (Å²) in [5.74, 6) is 0.744. The van der Waals surface area contributed by atoms with E-state index in [2.05, 4.69) is 25.6 Å². The van der Waals surface area contributed by atoms with Crippen LogP contribution in [0.1, 0.15) is 44.5 Å². The Morgan fingerprint density at radius 3 is 2.50 bits per heavy atom. The van der Waals surface area contributed by atoms with E-state index in [0.29, 0.717) is 0 Å². The van der Waals surface area contributed by atoms with Crippen molar-refractivity contribution < 1.29 is 8.42 Å². The highest BCUT2D eigenvalue weighted by atomic mass is 32.2. The van der Waals surface area contributed by atoms with Gasteiger partial charge in [-0.25, -0.2) is 17.8 Å². The highest BCUT2D eigenvalue weighted by Crippen LogP contribution is 2.21. The van der Waals surface area contributed by atoms with Crippen LogP contribution in [0, 0.1) is 0 Å². The smallest absolute Gasteiger partial charge is 0.209 e. The molecule has 0 bridgehead atoms. The number of hydrogen-bond donors (Lipinski definition) is 2. The maximum atomic E-state index is 11.4. The number of nitrogens with zero attached hydrogens (tertiary/aromatic N) is 4. The molecule has 1 saturated carbocycles. The van der Waals surface area contributed by atoms with Crippen LogP contribution in [0.4, 0.5) is 0 Å². The fourth-order valence-electron chi connectivity index (χ4n) is 2.75. The van der Waals surface area contributed by atoms with Crippen LogP contribution in [0.15, 0.2) is 0 Å². The molecule has 0 spiro atoms. The largest absolute Gasteiger partial charge is 0.303 e. The van der Waals surface area contributed by atoms with Crippen molar-refractivity contribution in [2.45, 2.75) is 50.7 Å². The van der Waals surface area contributed by atoms with E-state index in [9.17, 15) is 8.42 Å². The SMILES string of the molecule is CC(NC1CCCCC1NS(C)(=O)=O)c1nnnn1C. The van der Waals surface area contributed by atoms with Crippen LogP contribution in [-0.2, 0) is 17.1 Å². The zero-order valence-corrected chi connectivity index (χ0v) is 12.9. The summed E-state index contributed by atoms with van der Waals surface area (Å²) in [7, 11) is -1.40. The molecular formula is C11H22N6O2S. The second-order valence-electron chi connectivity index (χ2n) is 5.44. The van der Waals surface area contributed by atoms with Gasteiger partial charge >= 0.3 is 0 Å². The molecule has 1 aliphatic rings. The minimum absolute atomic E-state index is 0.0260. The van der Waals surface area contributed by atoms with Crippen LogP contribution in [0.2, 0.25) is 0 Å². The normalized spacial score (nSPS) is 25.6. The van der Waals surface area contributed by atoms with Crippen LogP contribution in [-0.4, -0.2) is 47.0 Å². The monoisotopic (exact) mass is 302 g/mol. The van der Waals surface area contributed by atoms with Crippen molar-refractivity contribution in [1.29, 1.82) is 0 Å². The molecule has 1 fully saturated rings. The van der Waals surface area contributed by atoms with Gasteiger partial charge in [-0.3, -0.25) is 0 Å². The number of hydrogen-bond acceptors (Lipinski definition) is 6. The van der Waals surface area contributed by atoms with Gasteiger partial charge in [-0.15, -0.1) is 5.10 Å². The van der Waals surface area contributed by atoms with Crippen LogP contribution in [0.3, 0.4) is 0 Å². The number of aromatic nitrogens is 4. The molecule has 2 N–H and O–H groups in total. The highest BCUT2D eigenvalue weighted by molar-refractivity contribution is 7.88. The second-order valence-corrected chi connectivity index (χ2v) is 7.22. The molecule has 9 heteroatoms. The molecule has 3 atom stereocenters. The van der Waals surface area contributed by atoms with Crippen molar-refractivity contribution in [3.8, 4) is 0 Å². The minimum Gasteiger partial charge on any atom is -0.303 e. The molecule has 1 heterocycles. The van der Waals surface area contributed by atoms with Gasteiger partial charge in [0, 0.05) is 19.1 Å². The number of rotatable bonds is 5. The second kappa shape index (κ2) is 6.15. The van der Waals surface area contributed by atoms with Gasteiger partial charge in [0.2, 0.25) is 10.0 Å². The maximum absolute atomic E-state index is 11.4. The molecule has 1 aliphatic carbocycles. The Hall–Kier alpha value is -1.06. The van der Waals surface area contributed by atoms with E-state index in [-0.39, 0.29) is 18.1 Å². The minimum atomic E-state index is -3.19. The van der Waals surface area contributed by atoms with Crippen molar-refractivity contribution in [2.24, 2.45) is 7.05 Å². The summed E-state index contributed by atoms with van der Waals surface area (Å²) in [5, 5.41) is 14.9. The average Bonchev–Trinajstić information content (AvgIpc) is 2.76. The molecule has 1 aromatic rings. The molecule has 8 nitrogen and oxygen atoms in total. The molecule has 20 heavy (non-hydrogen) atoms. The van der Waals surface area contributed by atoms with Crippen LogP contribution >= 0.6 is 0 Å². The van der Waals surface area contributed by atoms with Gasteiger partial charge in [-0.05, 0) is 30.2 Å². The molecule has 2 rings (SSSR count). The van der Waals surface area contributed by atoms with Crippen LogP contribution < -0.4 is 10.0 Å². The Labute approximate surface area is 119 Å². The van der Waals surface area contributed by atoms with Crippen molar-refractivity contribution in [3.63, 3.8) is 0 Å². The molecule has 0 saturated heterocycles. The molecule has 0 radical (unpaired) electrons.